The molecular weight excluding hydrogens is 553 g/mol. The number of aliphatic hydroxyl groups excluding tert-OH is 1. The van der Waals surface area contributed by atoms with E-state index in [-0.39, 0.29) is 65.7 Å². The van der Waals surface area contributed by atoms with Crippen molar-refractivity contribution < 1.29 is 33.4 Å². The molecule has 4 aromatic rings. The van der Waals surface area contributed by atoms with E-state index < -0.39 is 11.3 Å². The van der Waals surface area contributed by atoms with E-state index in [0.29, 0.717) is 40.6 Å². The van der Waals surface area contributed by atoms with Crippen LogP contribution in [0.15, 0.2) is 60.9 Å². The Morgan fingerprint density at radius 3 is 2.32 bits per heavy atom. The van der Waals surface area contributed by atoms with Crippen LogP contribution in [0.2, 0.25) is 5.02 Å². The number of halogens is 2. The summed E-state index contributed by atoms with van der Waals surface area (Å²) in [5.74, 6) is -0.978. The third kappa shape index (κ3) is 6.03. The lowest BCUT2D eigenvalue weighted by Gasteiger charge is -2.14. The van der Waals surface area contributed by atoms with Crippen molar-refractivity contribution >= 4 is 40.0 Å². The number of carbonyl (C=O) groups excluding carboxylic acids is 3. The molecule has 2 aromatic carbocycles. The molecule has 0 saturated heterocycles. The molecule has 210 valence electrons. The number of Topliss-reactive ketones (excluding diaryl/α,β-unsaturated/α-hetero) is 2. The van der Waals surface area contributed by atoms with Crippen LogP contribution in [0, 0.1) is 11.2 Å². The van der Waals surface area contributed by atoms with Crippen molar-refractivity contribution in [2.75, 3.05) is 13.2 Å². The van der Waals surface area contributed by atoms with Gasteiger partial charge in [-0.15, -0.1) is 0 Å². The second kappa shape index (κ2) is 11.6. The fourth-order valence-corrected chi connectivity index (χ4v) is 4.82. The van der Waals surface area contributed by atoms with E-state index in [0.717, 1.165) is 0 Å². The standard InChI is InChI=1S/C30H25ClFN3O6/c31-22-11-18(13-27(38)30(6-7-30)26(37)12-17-1-3-19(32)4-2-17)16-35-29(22)41-24-5-8-34-23-15-25(40-10-9-36)21(28(33)39)14-20(23)24/h1-5,8,11,14-16,36H,6-7,9-10,12-13H2,(H2,33,39). The molecule has 9 nitrogen and oxygen atoms in total. The predicted octanol–water partition coefficient (Wildman–Crippen LogP) is 4.39. The highest BCUT2D eigenvalue weighted by molar-refractivity contribution is 6.32. The van der Waals surface area contributed by atoms with Gasteiger partial charge in [0.2, 0.25) is 5.88 Å². The molecule has 1 aliphatic carbocycles. The Morgan fingerprint density at radius 1 is 0.976 bits per heavy atom. The summed E-state index contributed by atoms with van der Waals surface area (Å²) in [6.45, 7) is -0.272. The zero-order valence-corrected chi connectivity index (χ0v) is 22.5. The maximum absolute atomic E-state index is 13.2. The lowest BCUT2D eigenvalue weighted by atomic mass is 9.88. The van der Waals surface area contributed by atoms with Gasteiger partial charge in [-0.2, -0.15) is 0 Å². The summed E-state index contributed by atoms with van der Waals surface area (Å²) in [6.07, 6.45) is 3.94. The van der Waals surface area contributed by atoms with E-state index in [1.165, 1.54) is 36.7 Å². The average molecular weight is 578 g/mol. The van der Waals surface area contributed by atoms with Gasteiger partial charge in [0, 0.05) is 36.7 Å². The quantitative estimate of drug-likeness (QED) is 0.236. The number of rotatable bonds is 12. The highest BCUT2D eigenvalue weighted by Crippen LogP contribution is 2.49. The minimum absolute atomic E-state index is 0.0279. The average Bonchev–Trinajstić information content (AvgIpc) is 3.77. The molecule has 1 saturated carbocycles. The van der Waals surface area contributed by atoms with Gasteiger partial charge in [-0.05, 0) is 54.3 Å². The summed E-state index contributed by atoms with van der Waals surface area (Å²) in [6, 6.07) is 11.8. The lowest BCUT2D eigenvalue weighted by molar-refractivity contribution is -0.133. The van der Waals surface area contributed by atoms with Crippen molar-refractivity contribution in [2.24, 2.45) is 11.1 Å². The van der Waals surface area contributed by atoms with Crippen LogP contribution >= 0.6 is 11.6 Å². The number of nitrogens with two attached hydrogens (primary N) is 1. The molecular formula is C30H25ClFN3O6. The third-order valence-electron chi connectivity index (χ3n) is 6.95. The molecule has 41 heavy (non-hydrogen) atoms. The van der Waals surface area contributed by atoms with Gasteiger partial charge >= 0.3 is 0 Å². The van der Waals surface area contributed by atoms with Crippen molar-refractivity contribution in [1.29, 1.82) is 0 Å². The Kier molecular flexibility index (Phi) is 7.96. The number of ether oxygens (including phenoxy) is 2. The molecule has 0 bridgehead atoms. The summed E-state index contributed by atoms with van der Waals surface area (Å²) in [4.78, 5) is 46.7. The molecule has 1 amide bonds. The highest BCUT2D eigenvalue weighted by Gasteiger charge is 2.54. The summed E-state index contributed by atoms with van der Waals surface area (Å²) >= 11 is 6.46. The molecule has 0 unspecified atom stereocenters. The van der Waals surface area contributed by atoms with Crippen LogP contribution in [-0.2, 0) is 22.4 Å². The van der Waals surface area contributed by atoms with E-state index in [1.807, 2.05) is 0 Å². The number of carbonyl (C=O) groups is 3. The predicted molar refractivity (Wildman–Crippen MR) is 148 cm³/mol. The van der Waals surface area contributed by atoms with E-state index in [4.69, 9.17) is 31.9 Å². The highest BCUT2D eigenvalue weighted by atomic mass is 35.5. The number of primary amides is 1. The van der Waals surface area contributed by atoms with Crippen LogP contribution in [0.1, 0.15) is 34.3 Å². The Labute approximate surface area is 239 Å². The molecule has 0 radical (unpaired) electrons. The fourth-order valence-electron chi connectivity index (χ4n) is 4.60. The number of hydrogen-bond acceptors (Lipinski definition) is 8. The maximum atomic E-state index is 13.2. The molecule has 1 fully saturated rings. The van der Waals surface area contributed by atoms with Gasteiger partial charge in [0.1, 0.15) is 28.9 Å². The van der Waals surface area contributed by atoms with Crippen LogP contribution in [0.4, 0.5) is 4.39 Å². The lowest BCUT2D eigenvalue weighted by Crippen LogP contribution is -2.29. The first-order valence-electron chi connectivity index (χ1n) is 12.8. The van der Waals surface area contributed by atoms with Gasteiger partial charge < -0.3 is 20.3 Å². The van der Waals surface area contributed by atoms with Crippen molar-refractivity contribution in [3.63, 3.8) is 0 Å². The summed E-state index contributed by atoms with van der Waals surface area (Å²) in [5.41, 5.74) is 6.19. The second-order valence-corrected chi connectivity index (χ2v) is 10.2. The number of hydrogen-bond donors (Lipinski definition) is 2. The Morgan fingerprint density at radius 2 is 1.68 bits per heavy atom. The smallest absolute Gasteiger partial charge is 0.252 e. The maximum Gasteiger partial charge on any atom is 0.252 e. The van der Waals surface area contributed by atoms with Crippen LogP contribution in [0.5, 0.6) is 17.4 Å². The Balaban J connectivity index is 1.32. The third-order valence-corrected chi connectivity index (χ3v) is 7.22. The first-order valence-corrected chi connectivity index (χ1v) is 13.2. The molecule has 3 N–H and O–H groups in total. The van der Waals surface area contributed by atoms with E-state index in [1.54, 1.807) is 24.3 Å². The molecule has 2 heterocycles. The zero-order chi connectivity index (χ0) is 29.1. The number of pyridine rings is 2. The van der Waals surface area contributed by atoms with Crippen molar-refractivity contribution in [2.45, 2.75) is 25.7 Å². The number of aliphatic hydroxyl groups is 1. The van der Waals surface area contributed by atoms with Crippen molar-refractivity contribution in [1.82, 2.24) is 9.97 Å². The number of amides is 1. The van der Waals surface area contributed by atoms with Crippen LogP contribution < -0.4 is 15.2 Å². The van der Waals surface area contributed by atoms with Gasteiger partial charge in [0.05, 0.1) is 23.1 Å². The van der Waals surface area contributed by atoms with Gasteiger partial charge in [0.25, 0.3) is 5.91 Å². The van der Waals surface area contributed by atoms with Crippen LogP contribution in [0.3, 0.4) is 0 Å². The minimum atomic E-state index is -1.04. The number of fused-ring (bicyclic) bond motifs is 1. The number of aromatic nitrogens is 2. The first-order chi connectivity index (χ1) is 19.7. The molecule has 0 aliphatic heterocycles. The zero-order valence-electron chi connectivity index (χ0n) is 21.7. The van der Waals surface area contributed by atoms with Crippen molar-refractivity contribution in [3.8, 4) is 17.4 Å². The largest absolute Gasteiger partial charge is 0.490 e. The molecule has 0 spiro atoms. The normalized spacial score (nSPS) is 13.5. The monoisotopic (exact) mass is 577 g/mol. The molecule has 0 atom stereocenters. The fraction of sp³-hybridized carbons (Fsp3) is 0.233. The van der Waals surface area contributed by atoms with Gasteiger partial charge in [-0.25, -0.2) is 9.37 Å². The topological polar surface area (TPSA) is 142 Å². The van der Waals surface area contributed by atoms with Gasteiger partial charge in [-0.1, -0.05) is 23.7 Å². The molecule has 2 aromatic heterocycles. The summed E-state index contributed by atoms with van der Waals surface area (Å²) in [7, 11) is 0. The summed E-state index contributed by atoms with van der Waals surface area (Å²) < 4.78 is 24.6. The van der Waals surface area contributed by atoms with Gasteiger partial charge in [0.15, 0.2) is 11.6 Å². The Bertz CT molecular complexity index is 1660. The second-order valence-electron chi connectivity index (χ2n) is 9.75. The molecule has 1 aliphatic rings. The number of nitrogens with zero attached hydrogens (tertiary/aromatic N) is 2. The number of ketones is 2. The van der Waals surface area contributed by atoms with Crippen LogP contribution in [-0.4, -0.2) is 45.8 Å². The van der Waals surface area contributed by atoms with E-state index in [2.05, 4.69) is 9.97 Å². The molecule has 11 heteroatoms. The van der Waals surface area contributed by atoms with Gasteiger partial charge in [-0.3, -0.25) is 19.4 Å². The Hall–Kier alpha value is -4.41. The minimum Gasteiger partial charge on any atom is -0.490 e. The molecule has 5 rings (SSSR count). The van der Waals surface area contributed by atoms with E-state index in [9.17, 15) is 18.8 Å². The van der Waals surface area contributed by atoms with E-state index >= 15 is 0 Å². The van der Waals surface area contributed by atoms with Crippen molar-refractivity contribution in [3.05, 3.63) is 88.5 Å². The SMILES string of the molecule is NC(=O)c1cc2c(Oc3ncc(CC(=O)C4(C(=O)Cc5ccc(F)cc5)CC4)cc3Cl)ccnc2cc1OCCO. The number of benzene rings is 2. The summed E-state index contributed by atoms with van der Waals surface area (Å²) in [5, 5.41) is 9.65. The van der Waals surface area contributed by atoms with Crippen LogP contribution in [0.25, 0.3) is 10.9 Å². The first kappa shape index (κ1) is 28.1.